The van der Waals surface area contributed by atoms with E-state index < -0.39 is 15.9 Å². The zero-order chi connectivity index (χ0) is 18.3. The fourth-order valence-corrected chi connectivity index (χ4v) is 6.24. The lowest BCUT2D eigenvalue weighted by molar-refractivity contribution is -0.122. The van der Waals surface area contributed by atoms with Gasteiger partial charge in [-0.15, -0.1) is 0 Å². The summed E-state index contributed by atoms with van der Waals surface area (Å²) in [5.74, 6) is 0.0525. The zero-order valence-electron chi connectivity index (χ0n) is 14.7. The Morgan fingerprint density at radius 2 is 1.58 bits per heavy atom. The lowest BCUT2D eigenvalue weighted by atomic mass is 10.1. The molecular weight excluding hydrogens is 354 g/mol. The van der Waals surface area contributed by atoms with E-state index in [4.69, 9.17) is 0 Å². The van der Waals surface area contributed by atoms with Crippen molar-refractivity contribution in [3.8, 4) is 0 Å². The molecule has 0 bridgehead atoms. The monoisotopic (exact) mass is 379 g/mol. The molecule has 0 radical (unpaired) electrons. The highest BCUT2D eigenvalue weighted by atomic mass is 32.2. The van der Waals surface area contributed by atoms with E-state index in [1.807, 2.05) is 35.2 Å². The highest BCUT2D eigenvalue weighted by Gasteiger charge is 2.43. The summed E-state index contributed by atoms with van der Waals surface area (Å²) in [6.45, 7) is 3.55. The molecule has 3 fully saturated rings. The number of carbonyl (C=O) groups excluding carboxylic acids is 1. The number of rotatable bonds is 3. The van der Waals surface area contributed by atoms with Crippen molar-refractivity contribution in [2.45, 2.75) is 24.6 Å². The minimum atomic E-state index is -3.14. The maximum Gasteiger partial charge on any atom is 0.244 e. The molecule has 142 valence electrons. The summed E-state index contributed by atoms with van der Waals surface area (Å²) >= 11 is 0. The number of aliphatic hydroxyl groups excluding tert-OH is 1. The van der Waals surface area contributed by atoms with Crippen LogP contribution in [0.4, 0.5) is 5.69 Å². The van der Waals surface area contributed by atoms with Crippen LogP contribution in [0.25, 0.3) is 0 Å². The molecular formula is C18H25N3O4S. The number of carbonyl (C=O) groups is 1. The van der Waals surface area contributed by atoms with E-state index in [1.54, 1.807) is 0 Å². The highest BCUT2D eigenvalue weighted by Crippen LogP contribution is 2.26. The van der Waals surface area contributed by atoms with Crippen molar-refractivity contribution in [3.05, 3.63) is 30.3 Å². The molecule has 0 aliphatic carbocycles. The predicted molar refractivity (Wildman–Crippen MR) is 98.8 cm³/mol. The smallest absolute Gasteiger partial charge is 0.244 e. The van der Waals surface area contributed by atoms with Gasteiger partial charge in [0.1, 0.15) is 0 Å². The highest BCUT2D eigenvalue weighted by molar-refractivity contribution is 7.91. The van der Waals surface area contributed by atoms with Gasteiger partial charge in [0.25, 0.3) is 0 Å². The summed E-state index contributed by atoms with van der Waals surface area (Å²) in [6, 6.07) is 9.33. The molecule has 0 saturated carbocycles. The second-order valence-corrected chi connectivity index (χ2v) is 9.57. The minimum absolute atomic E-state index is 0.0400. The van der Waals surface area contributed by atoms with Crippen LogP contribution in [-0.4, -0.2) is 91.6 Å². The minimum Gasteiger partial charge on any atom is -0.390 e. The molecule has 3 aliphatic rings. The van der Waals surface area contributed by atoms with Gasteiger partial charge in [-0.05, 0) is 18.6 Å². The Morgan fingerprint density at radius 3 is 2.19 bits per heavy atom. The summed E-state index contributed by atoms with van der Waals surface area (Å²) in [5.41, 5.74) is 0.943. The first kappa shape index (κ1) is 17.9. The Hall–Kier alpha value is -1.48. The molecule has 1 N–H and O–H groups in total. The molecule has 1 amide bonds. The Kier molecular flexibility index (Phi) is 4.77. The van der Waals surface area contributed by atoms with Crippen molar-refractivity contribution < 1.29 is 18.3 Å². The first-order chi connectivity index (χ1) is 12.4. The number of nitrogens with zero attached hydrogens (tertiary/aromatic N) is 3. The molecule has 1 aromatic rings. The van der Waals surface area contributed by atoms with Gasteiger partial charge in [-0.2, -0.15) is 0 Å². The Labute approximate surface area is 154 Å². The normalized spacial score (nSPS) is 33.0. The van der Waals surface area contributed by atoms with Crippen molar-refractivity contribution in [2.24, 2.45) is 0 Å². The van der Waals surface area contributed by atoms with Gasteiger partial charge in [-0.1, -0.05) is 18.2 Å². The molecule has 8 heteroatoms. The first-order valence-electron chi connectivity index (χ1n) is 9.18. The largest absolute Gasteiger partial charge is 0.390 e. The number of para-hydroxylation sites is 1. The van der Waals surface area contributed by atoms with E-state index in [-0.39, 0.29) is 29.5 Å². The molecule has 0 aromatic heterocycles. The van der Waals surface area contributed by atoms with Gasteiger partial charge >= 0.3 is 0 Å². The number of benzene rings is 1. The molecule has 4 rings (SSSR count). The average Bonchev–Trinajstić information content (AvgIpc) is 3.14. The summed E-state index contributed by atoms with van der Waals surface area (Å²) in [7, 11) is -3.14. The maximum absolute atomic E-state index is 12.8. The van der Waals surface area contributed by atoms with Crippen LogP contribution in [0.3, 0.4) is 0 Å². The van der Waals surface area contributed by atoms with E-state index in [9.17, 15) is 18.3 Å². The number of hydrogen-bond donors (Lipinski definition) is 1. The molecule has 7 nitrogen and oxygen atoms in total. The van der Waals surface area contributed by atoms with Crippen molar-refractivity contribution in [3.63, 3.8) is 0 Å². The van der Waals surface area contributed by atoms with Gasteiger partial charge in [0.15, 0.2) is 9.84 Å². The number of piperazine rings is 1. The van der Waals surface area contributed by atoms with Gasteiger partial charge in [-0.3, -0.25) is 14.6 Å². The maximum atomic E-state index is 12.8. The van der Waals surface area contributed by atoms with Crippen LogP contribution in [0, 0.1) is 0 Å². The van der Waals surface area contributed by atoms with Crippen LogP contribution in [0.1, 0.15) is 6.42 Å². The lowest BCUT2D eigenvalue weighted by Gasteiger charge is -2.40. The van der Waals surface area contributed by atoms with Crippen molar-refractivity contribution in [1.82, 2.24) is 9.80 Å². The van der Waals surface area contributed by atoms with E-state index in [0.717, 1.165) is 31.7 Å². The van der Waals surface area contributed by atoms with Crippen molar-refractivity contribution >= 4 is 21.4 Å². The second-order valence-electron chi connectivity index (χ2n) is 7.41. The molecule has 0 spiro atoms. The van der Waals surface area contributed by atoms with E-state index in [2.05, 4.69) is 9.80 Å². The zero-order valence-corrected chi connectivity index (χ0v) is 15.5. The van der Waals surface area contributed by atoms with Crippen LogP contribution in [0.5, 0.6) is 0 Å². The fourth-order valence-electron chi connectivity index (χ4n) is 4.41. The summed E-state index contributed by atoms with van der Waals surface area (Å²) in [4.78, 5) is 19.0. The Bertz CT molecular complexity index is 762. The molecule has 3 heterocycles. The molecule has 3 saturated heterocycles. The van der Waals surface area contributed by atoms with Crippen LogP contribution < -0.4 is 4.90 Å². The summed E-state index contributed by atoms with van der Waals surface area (Å²) < 4.78 is 23.5. The Morgan fingerprint density at radius 1 is 0.923 bits per heavy atom. The number of anilines is 1. The predicted octanol–water partition coefficient (Wildman–Crippen LogP) is -0.433. The van der Waals surface area contributed by atoms with Gasteiger partial charge < -0.3 is 10.0 Å². The number of sulfone groups is 1. The molecule has 26 heavy (non-hydrogen) atoms. The number of amides is 1. The quantitative estimate of drug-likeness (QED) is 0.768. The van der Waals surface area contributed by atoms with E-state index in [1.165, 1.54) is 0 Å². The average molecular weight is 379 g/mol. The molecule has 1 aromatic carbocycles. The third-order valence-corrected chi connectivity index (χ3v) is 7.50. The van der Waals surface area contributed by atoms with E-state index >= 15 is 0 Å². The number of aliphatic hydroxyl groups is 1. The van der Waals surface area contributed by atoms with Crippen molar-refractivity contribution in [2.75, 3.05) is 49.1 Å². The third kappa shape index (κ3) is 3.38. The van der Waals surface area contributed by atoms with Gasteiger partial charge in [0.05, 0.1) is 29.7 Å². The standard InChI is InChI=1S/C18H25N3O4S/c22-17-13-26(24,25)12-16(17)20-10-8-19(9-11-20)15-6-7-21(18(15)23)14-4-2-1-3-5-14/h1-5,15-17,22H,6-13H2. The van der Waals surface area contributed by atoms with Crippen molar-refractivity contribution in [1.29, 1.82) is 0 Å². The molecule has 3 unspecified atom stereocenters. The second kappa shape index (κ2) is 6.92. The van der Waals surface area contributed by atoms with Gasteiger partial charge in [-0.25, -0.2) is 8.42 Å². The number of hydrogen-bond acceptors (Lipinski definition) is 6. The van der Waals surface area contributed by atoms with E-state index in [0.29, 0.717) is 13.1 Å². The first-order valence-corrected chi connectivity index (χ1v) is 11.0. The van der Waals surface area contributed by atoms with Crippen LogP contribution >= 0.6 is 0 Å². The topological polar surface area (TPSA) is 81.2 Å². The summed E-state index contributed by atoms with van der Waals surface area (Å²) in [5, 5.41) is 10.1. The summed E-state index contributed by atoms with van der Waals surface area (Å²) in [6.07, 6.45) is 0.0157. The van der Waals surface area contributed by atoms with Gasteiger partial charge in [0.2, 0.25) is 5.91 Å². The SMILES string of the molecule is O=C1C(N2CCN(C3CS(=O)(=O)CC3O)CC2)CCN1c1ccccc1. The third-order valence-electron chi connectivity index (χ3n) is 5.80. The fraction of sp³-hybridized carbons (Fsp3) is 0.611. The molecule has 3 atom stereocenters. The Balaban J connectivity index is 1.36. The van der Waals surface area contributed by atoms with Crippen LogP contribution in [0.2, 0.25) is 0 Å². The van der Waals surface area contributed by atoms with Crippen LogP contribution in [-0.2, 0) is 14.6 Å². The van der Waals surface area contributed by atoms with Crippen LogP contribution in [0.15, 0.2) is 30.3 Å². The lowest BCUT2D eigenvalue weighted by Crippen LogP contribution is -2.56. The van der Waals surface area contributed by atoms with Gasteiger partial charge in [0, 0.05) is 38.4 Å². The molecule has 3 aliphatic heterocycles.